The van der Waals surface area contributed by atoms with E-state index in [1.807, 2.05) is 0 Å². The fourth-order valence-corrected chi connectivity index (χ4v) is 0.963. The topological polar surface area (TPSA) is 73.7 Å². The summed E-state index contributed by atoms with van der Waals surface area (Å²) in [7, 11) is 0. The summed E-state index contributed by atoms with van der Waals surface area (Å²) in [6.45, 7) is 2.35. The molecule has 0 aromatic rings. The van der Waals surface area contributed by atoms with Gasteiger partial charge in [-0.25, -0.2) is 0 Å². The number of rotatable bonds is 4. The largest absolute Gasteiger partial charge is 0.481 e. The SMILES string of the molecule is O=C(O)CCCNC1=NCCN1. The molecule has 0 amide bonds. The third-order valence-electron chi connectivity index (χ3n) is 1.53. The van der Waals surface area contributed by atoms with Crippen LogP contribution in [0.3, 0.4) is 0 Å². The Morgan fingerprint density at radius 1 is 1.75 bits per heavy atom. The molecule has 0 saturated heterocycles. The van der Waals surface area contributed by atoms with Crippen LogP contribution >= 0.6 is 0 Å². The molecule has 0 aromatic heterocycles. The summed E-state index contributed by atoms with van der Waals surface area (Å²) in [5, 5.41) is 14.4. The van der Waals surface area contributed by atoms with Crippen molar-refractivity contribution in [3.63, 3.8) is 0 Å². The van der Waals surface area contributed by atoms with Gasteiger partial charge in [0.25, 0.3) is 0 Å². The van der Waals surface area contributed by atoms with Crippen molar-refractivity contribution in [2.75, 3.05) is 19.6 Å². The van der Waals surface area contributed by atoms with Gasteiger partial charge in [-0.1, -0.05) is 0 Å². The minimum Gasteiger partial charge on any atom is -0.481 e. The molecule has 68 valence electrons. The number of carboxylic acid groups (broad SMARTS) is 1. The Bertz CT molecular complexity index is 191. The van der Waals surface area contributed by atoms with E-state index in [1.54, 1.807) is 0 Å². The first-order valence-electron chi connectivity index (χ1n) is 4.03. The number of hydrogen-bond donors (Lipinski definition) is 3. The van der Waals surface area contributed by atoms with Crippen LogP contribution in [0.1, 0.15) is 12.8 Å². The van der Waals surface area contributed by atoms with Gasteiger partial charge in [0.05, 0.1) is 6.54 Å². The number of nitrogens with zero attached hydrogens (tertiary/aromatic N) is 1. The van der Waals surface area contributed by atoms with Gasteiger partial charge in [-0.3, -0.25) is 9.79 Å². The summed E-state index contributed by atoms with van der Waals surface area (Å²) in [5.74, 6) is 0.0403. The second-order valence-corrected chi connectivity index (χ2v) is 2.58. The highest BCUT2D eigenvalue weighted by molar-refractivity contribution is 5.81. The van der Waals surface area contributed by atoms with Gasteiger partial charge in [0.15, 0.2) is 5.96 Å². The molecular weight excluding hydrogens is 158 g/mol. The van der Waals surface area contributed by atoms with E-state index in [9.17, 15) is 4.79 Å². The van der Waals surface area contributed by atoms with Gasteiger partial charge in [-0.15, -0.1) is 0 Å². The van der Waals surface area contributed by atoms with Crippen LogP contribution in [0, 0.1) is 0 Å². The third-order valence-corrected chi connectivity index (χ3v) is 1.53. The van der Waals surface area contributed by atoms with Gasteiger partial charge < -0.3 is 15.7 Å². The van der Waals surface area contributed by atoms with Crippen LogP contribution in [0.15, 0.2) is 4.99 Å². The zero-order chi connectivity index (χ0) is 8.81. The number of aliphatic carboxylic acids is 1. The van der Waals surface area contributed by atoms with E-state index in [1.165, 1.54) is 0 Å². The summed E-state index contributed by atoms with van der Waals surface area (Å²) < 4.78 is 0. The van der Waals surface area contributed by atoms with Crippen LogP contribution in [0.2, 0.25) is 0 Å². The van der Waals surface area contributed by atoms with Gasteiger partial charge in [-0.05, 0) is 6.42 Å². The Morgan fingerprint density at radius 2 is 2.58 bits per heavy atom. The van der Waals surface area contributed by atoms with Crippen molar-refractivity contribution in [2.45, 2.75) is 12.8 Å². The maximum absolute atomic E-state index is 10.1. The fourth-order valence-electron chi connectivity index (χ4n) is 0.963. The summed E-state index contributed by atoms with van der Waals surface area (Å²) in [6.07, 6.45) is 0.844. The molecule has 0 unspecified atom stereocenters. The molecule has 1 heterocycles. The zero-order valence-corrected chi connectivity index (χ0v) is 6.84. The Labute approximate surface area is 70.9 Å². The molecule has 0 aromatic carbocycles. The lowest BCUT2D eigenvalue weighted by Gasteiger charge is -2.04. The molecular formula is C7H13N3O2. The molecule has 1 rings (SSSR count). The summed E-state index contributed by atoms with van der Waals surface area (Å²) >= 11 is 0. The van der Waals surface area contributed by atoms with Crippen molar-refractivity contribution < 1.29 is 9.90 Å². The Morgan fingerprint density at radius 3 is 3.17 bits per heavy atom. The molecule has 12 heavy (non-hydrogen) atoms. The average Bonchev–Trinajstić information content (AvgIpc) is 2.49. The standard InChI is InChI=1S/C7H13N3O2/c11-6(12)2-1-3-8-7-9-4-5-10-7/h1-5H2,(H,11,12)(H2,8,9,10). The maximum Gasteiger partial charge on any atom is 0.303 e. The van der Waals surface area contributed by atoms with Crippen molar-refractivity contribution in [3.8, 4) is 0 Å². The molecule has 5 heteroatoms. The van der Waals surface area contributed by atoms with Crippen molar-refractivity contribution in [3.05, 3.63) is 0 Å². The highest BCUT2D eigenvalue weighted by atomic mass is 16.4. The normalized spacial score (nSPS) is 15.2. The van der Waals surface area contributed by atoms with Crippen molar-refractivity contribution >= 4 is 11.9 Å². The molecule has 0 atom stereocenters. The molecule has 0 saturated carbocycles. The van der Waals surface area contributed by atoms with Crippen LogP contribution in [-0.4, -0.2) is 36.7 Å². The molecule has 0 bridgehead atoms. The van der Waals surface area contributed by atoms with E-state index in [0.717, 1.165) is 19.0 Å². The second kappa shape index (κ2) is 4.58. The quantitative estimate of drug-likeness (QED) is 0.494. The maximum atomic E-state index is 10.1. The molecule has 0 radical (unpaired) electrons. The van der Waals surface area contributed by atoms with Crippen LogP contribution in [-0.2, 0) is 4.79 Å². The van der Waals surface area contributed by atoms with Crippen LogP contribution in [0.25, 0.3) is 0 Å². The lowest BCUT2D eigenvalue weighted by molar-refractivity contribution is -0.137. The molecule has 5 nitrogen and oxygen atoms in total. The molecule has 0 spiro atoms. The fraction of sp³-hybridized carbons (Fsp3) is 0.714. The van der Waals surface area contributed by atoms with E-state index >= 15 is 0 Å². The number of carboxylic acids is 1. The molecule has 1 aliphatic heterocycles. The van der Waals surface area contributed by atoms with Gasteiger partial charge in [0, 0.05) is 19.5 Å². The lowest BCUT2D eigenvalue weighted by atomic mass is 10.3. The van der Waals surface area contributed by atoms with Crippen molar-refractivity contribution in [2.24, 2.45) is 4.99 Å². The highest BCUT2D eigenvalue weighted by Crippen LogP contribution is 1.87. The van der Waals surface area contributed by atoms with Gasteiger partial charge in [0.2, 0.25) is 0 Å². The average molecular weight is 171 g/mol. The minimum absolute atomic E-state index is 0.209. The van der Waals surface area contributed by atoms with Crippen LogP contribution in [0.5, 0.6) is 0 Å². The minimum atomic E-state index is -0.752. The van der Waals surface area contributed by atoms with E-state index in [-0.39, 0.29) is 6.42 Å². The van der Waals surface area contributed by atoms with Crippen molar-refractivity contribution in [1.29, 1.82) is 0 Å². The van der Waals surface area contributed by atoms with Crippen LogP contribution in [0.4, 0.5) is 0 Å². The predicted octanol–water partition coefficient (Wildman–Crippen LogP) is -0.600. The first kappa shape index (κ1) is 8.83. The monoisotopic (exact) mass is 171 g/mol. The second-order valence-electron chi connectivity index (χ2n) is 2.58. The van der Waals surface area contributed by atoms with E-state index in [0.29, 0.717) is 13.0 Å². The van der Waals surface area contributed by atoms with Gasteiger partial charge >= 0.3 is 5.97 Å². The van der Waals surface area contributed by atoms with Crippen molar-refractivity contribution in [1.82, 2.24) is 10.6 Å². The number of aliphatic imine (C=N–C) groups is 1. The zero-order valence-electron chi connectivity index (χ0n) is 6.84. The van der Waals surface area contributed by atoms with E-state index in [4.69, 9.17) is 5.11 Å². The Balaban J connectivity index is 1.98. The smallest absolute Gasteiger partial charge is 0.303 e. The summed E-state index contributed by atoms with van der Waals surface area (Å²) in [4.78, 5) is 14.2. The first-order chi connectivity index (χ1) is 5.79. The highest BCUT2D eigenvalue weighted by Gasteiger charge is 2.03. The number of nitrogens with one attached hydrogen (secondary N) is 2. The number of hydrogen-bond acceptors (Lipinski definition) is 4. The van der Waals surface area contributed by atoms with E-state index < -0.39 is 5.97 Å². The molecule has 3 N–H and O–H groups in total. The van der Waals surface area contributed by atoms with E-state index in [2.05, 4.69) is 15.6 Å². The summed E-state index contributed by atoms with van der Waals surface area (Å²) in [6, 6.07) is 0. The van der Waals surface area contributed by atoms with Gasteiger partial charge in [-0.2, -0.15) is 0 Å². The predicted molar refractivity (Wildman–Crippen MR) is 45.2 cm³/mol. The van der Waals surface area contributed by atoms with Crippen LogP contribution < -0.4 is 10.6 Å². The number of carbonyl (C=O) groups is 1. The third kappa shape index (κ3) is 3.23. The molecule has 1 aliphatic rings. The first-order valence-corrected chi connectivity index (χ1v) is 4.03. The number of guanidine groups is 1. The summed E-state index contributed by atoms with van der Waals surface area (Å²) in [5.41, 5.74) is 0. The van der Waals surface area contributed by atoms with Gasteiger partial charge in [0.1, 0.15) is 0 Å². The molecule has 0 aliphatic carbocycles. The lowest BCUT2D eigenvalue weighted by Crippen LogP contribution is -2.34. The molecule has 0 fully saturated rings. The Kier molecular flexibility index (Phi) is 3.37. The Hall–Kier alpha value is -1.26.